The Morgan fingerprint density at radius 1 is 1.04 bits per heavy atom. The largest absolute Gasteiger partial charge is 0.396 e. The van der Waals surface area contributed by atoms with E-state index in [1.54, 1.807) is 0 Å². The van der Waals surface area contributed by atoms with E-state index in [9.17, 15) is 0 Å². The first kappa shape index (κ1) is 18.5. The van der Waals surface area contributed by atoms with Crippen LogP contribution in [0.5, 0.6) is 0 Å². The van der Waals surface area contributed by atoms with Crippen LogP contribution in [-0.4, -0.2) is 27.4 Å². The lowest BCUT2D eigenvalue weighted by Gasteiger charge is -2.19. The monoisotopic (exact) mass is 396 g/mol. The molecule has 3 nitrogen and oxygen atoms in total. The number of hydrogen-bond donors (Lipinski definition) is 1. The van der Waals surface area contributed by atoms with Crippen LogP contribution in [0.1, 0.15) is 28.9 Å². The van der Waals surface area contributed by atoms with Gasteiger partial charge < -0.3 is 5.11 Å². The summed E-state index contributed by atoms with van der Waals surface area (Å²) in [7, 11) is 0. The number of rotatable bonds is 5. The number of halogens is 1. The molecule has 0 spiro atoms. The number of aromatic nitrogens is 2. The molecular formula is C22H21ClN2OS. The van der Waals surface area contributed by atoms with Crippen molar-refractivity contribution in [2.75, 3.05) is 12.4 Å². The molecule has 1 aliphatic rings. The molecule has 0 radical (unpaired) electrons. The molecule has 1 N–H and O–H groups in total. The average molecular weight is 397 g/mol. The van der Waals surface area contributed by atoms with Crippen LogP contribution in [0.4, 0.5) is 0 Å². The maximum atomic E-state index is 9.09. The minimum Gasteiger partial charge on any atom is -0.396 e. The van der Waals surface area contributed by atoms with E-state index >= 15 is 0 Å². The molecule has 5 heteroatoms. The number of hydrogen-bond acceptors (Lipinski definition) is 4. The number of thioether (sulfide) groups is 1. The van der Waals surface area contributed by atoms with Gasteiger partial charge in [0, 0.05) is 23.6 Å². The summed E-state index contributed by atoms with van der Waals surface area (Å²) in [4.78, 5) is 11.0. The third-order valence-electron chi connectivity index (χ3n) is 4.69. The van der Waals surface area contributed by atoms with Crippen molar-refractivity contribution in [3.8, 4) is 11.4 Å². The molecule has 0 bridgehead atoms. The van der Waals surface area contributed by atoms with Crippen LogP contribution in [0.2, 0.25) is 5.02 Å². The third-order valence-corrected chi connectivity index (χ3v) is 6.18. The van der Waals surface area contributed by atoms with Crippen LogP contribution in [0.25, 0.3) is 11.4 Å². The maximum Gasteiger partial charge on any atom is 0.159 e. The fourth-order valence-electron chi connectivity index (χ4n) is 3.32. The minimum absolute atomic E-state index is 0.179. The van der Waals surface area contributed by atoms with Crippen LogP contribution < -0.4 is 0 Å². The van der Waals surface area contributed by atoms with Crippen molar-refractivity contribution in [2.45, 2.75) is 30.6 Å². The van der Waals surface area contributed by atoms with Gasteiger partial charge in [0.1, 0.15) is 0 Å². The second-order valence-electron chi connectivity index (χ2n) is 6.70. The van der Waals surface area contributed by atoms with Crippen molar-refractivity contribution in [3.63, 3.8) is 0 Å². The summed E-state index contributed by atoms with van der Waals surface area (Å²) >= 11 is 8.04. The zero-order valence-electron chi connectivity index (χ0n) is 15.0. The van der Waals surface area contributed by atoms with Crippen LogP contribution >= 0.6 is 23.4 Å². The Balaban J connectivity index is 1.71. The van der Waals surface area contributed by atoms with E-state index in [0.717, 1.165) is 53.4 Å². The van der Waals surface area contributed by atoms with Gasteiger partial charge in [0.15, 0.2) is 5.82 Å². The highest BCUT2D eigenvalue weighted by Crippen LogP contribution is 2.34. The van der Waals surface area contributed by atoms with Gasteiger partial charge in [0.2, 0.25) is 0 Å². The van der Waals surface area contributed by atoms with Gasteiger partial charge in [-0.05, 0) is 48.3 Å². The van der Waals surface area contributed by atoms with Gasteiger partial charge in [-0.25, -0.2) is 9.97 Å². The standard InChI is InChI=1S/C22H21ClN2OS/c23-18-4-1-3-17(14-18)22-24-19-5-2-12-27-21(19)20(25-22)13-16-8-6-15(7-9-16)10-11-26/h1,3-4,6-9,14,26H,2,5,10-13H2. The number of benzene rings is 2. The van der Waals surface area contributed by atoms with Crippen molar-refractivity contribution < 1.29 is 5.11 Å². The van der Waals surface area contributed by atoms with E-state index in [4.69, 9.17) is 26.7 Å². The number of aryl methyl sites for hydroxylation is 1. The summed E-state index contributed by atoms with van der Waals surface area (Å²) in [5.74, 6) is 1.88. The lowest BCUT2D eigenvalue weighted by atomic mass is 10.0. The molecule has 0 atom stereocenters. The molecule has 4 rings (SSSR count). The summed E-state index contributed by atoms with van der Waals surface area (Å²) in [6.45, 7) is 0.179. The lowest BCUT2D eigenvalue weighted by molar-refractivity contribution is 0.299. The Hall–Kier alpha value is -1.88. The predicted octanol–water partition coefficient (Wildman–Crippen LogP) is 4.96. The van der Waals surface area contributed by atoms with Gasteiger partial charge in [-0.2, -0.15) is 0 Å². The number of nitrogens with zero attached hydrogens (tertiary/aromatic N) is 2. The normalized spacial score (nSPS) is 13.4. The molecule has 3 aromatic rings. The van der Waals surface area contributed by atoms with Gasteiger partial charge >= 0.3 is 0 Å². The van der Waals surface area contributed by atoms with Gasteiger partial charge in [-0.15, -0.1) is 11.8 Å². The second-order valence-corrected chi connectivity index (χ2v) is 8.24. The Morgan fingerprint density at radius 2 is 1.85 bits per heavy atom. The quantitative estimate of drug-likeness (QED) is 0.662. The van der Waals surface area contributed by atoms with E-state index in [1.807, 2.05) is 36.0 Å². The molecule has 1 aliphatic heterocycles. The Labute approximate surface area is 168 Å². The summed E-state index contributed by atoms with van der Waals surface area (Å²) in [6.07, 6.45) is 3.63. The molecule has 0 unspecified atom stereocenters. The van der Waals surface area contributed by atoms with Crippen molar-refractivity contribution in [1.82, 2.24) is 9.97 Å². The number of fused-ring (bicyclic) bond motifs is 1. The highest BCUT2D eigenvalue weighted by Gasteiger charge is 2.19. The minimum atomic E-state index is 0.179. The van der Waals surface area contributed by atoms with Gasteiger partial charge in [-0.1, -0.05) is 48.0 Å². The molecule has 0 fully saturated rings. The molecule has 0 aliphatic carbocycles. The topological polar surface area (TPSA) is 46.0 Å². The van der Waals surface area contributed by atoms with Gasteiger partial charge in [0.05, 0.1) is 16.3 Å². The maximum absolute atomic E-state index is 9.09. The number of aliphatic hydroxyl groups is 1. The molecule has 0 amide bonds. The van der Waals surface area contributed by atoms with E-state index in [2.05, 4.69) is 24.3 Å². The lowest BCUT2D eigenvalue weighted by Crippen LogP contribution is -2.09. The van der Waals surface area contributed by atoms with Crippen molar-refractivity contribution in [2.24, 2.45) is 0 Å². The number of aliphatic hydroxyl groups excluding tert-OH is 1. The van der Waals surface area contributed by atoms with E-state index in [1.165, 1.54) is 10.5 Å². The van der Waals surface area contributed by atoms with Crippen LogP contribution in [0, 0.1) is 0 Å². The first-order chi connectivity index (χ1) is 13.2. The van der Waals surface area contributed by atoms with Crippen LogP contribution in [0.3, 0.4) is 0 Å². The molecule has 27 heavy (non-hydrogen) atoms. The molecule has 2 aromatic carbocycles. The molecular weight excluding hydrogens is 376 g/mol. The van der Waals surface area contributed by atoms with Crippen LogP contribution in [-0.2, 0) is 19.3 Å². The SMILES string of the molecule is OCCc1ccc(Cc2nc(-c3cccc(Cl)c3)nc3c2SCCC3)cc1. The van der Waals surface area contributed by atoms with Gasteiger partial charge in [-0.3, -0.25) is 0 Å². The molecule has 138 valence electrons. The van der Waals surface area contributed by atoms with Gasteiger partial charge in [0.25, 0.3) is 0 Å². The van der Waals surface area contributed by atoms with Crippen LogP contribution in [0.15, 0.2) is 53.4 Å². The Bertz CT molecular complexity index is 944. The molecule has 2 heterocycles. The average Bonchev–Trinajstić information content (AvgIpc) is 2.69. The first-order valence-electron chi connectivity index (χ1n) is 9.20. The fourth-order valence-corrected chi connectivity index (χ4v) is 4.60. The fraction of sp³-hybridized carbons (Fsp3) is 0.273. The summed E-state index contributed by atoms with van der Waals surface area (Å²) in [5, 5.41) is 9.78. The summed E-state index contributed by atoms with van der Waals surface area (Å²) in [5.41, 5.74) is 5.58. The Morgan fingerprint density at radius 3 is 2.63 bits per heavy atom. The molecule has 0 saturated heterocycles. The first-order valence-corrected chi connectivity index (χ1v) is 10.6. The third kappa shape index (κ3) is 4.34. The molecule has 1 aromatic heterocycles. The van der Waals surface area contributed by atoms with Crippen molar-refractivity contribution >= 4 is 23.4 Å². The summed E-state index contributed by atoms with van der Waals surface area (Å²) in [6, 6.07) is 16.2. The molecule has 0 saturated carbocycles. The zero-order valence-corrected chi connectivity index (χ0v) is 16.6. The second kappa shape index (κ2) is 8.42. The van der Waals surface area contributed by atoms with E-state index < -0.39 is 0 Å². The Kier molecular flexibility index (Phi) is 5.77. The summed E-state index contributed by atoms with van der Waals surface area (Å²) < 4.78 is 0. The zero-order chi connectivity index (χ0) is 18.6. The highest BCUT2D eigenvalue weighted by atomic mass is 35.5. The van der Waals surface area contributed by atoms with E-state index in [0.29, 0.717) is 11.4 Å². The smallest absolute Gasteiger partial charge is 0.159 e. The predicted molar refractivity (Wildman–Crippen MR) is 112 cm³/mol. The highest BCUT2D eigenvalue weighted by molar-refractivity contribution is 7.99. The van der Waals surface area contributed by atoms with Crippen molar-refractivity contribution in [3.05, 3.63) is 76.1 Å². The van der Waals surface area contributed by atoms with Crippen molar-refractivity contribution in [1.29, 1.82) is 0 Å². The van der Waals surface area contributed by atoms with E-state index in [-0.39, 0.29) is 6.61 Å².